The molecule has 3 atom stereocenters. The van der Waals surface area contributed by atoms with Crippen molar-refractivity contribution in [3.05, 3.63) is 71.3 Å². The summed E-state index contributed by atoms with van der Waals surface area (Å²) in [6, 6.07) is 11.3. The van der Waals surface area contributed by atoms with Gasteiger partial charge in [-0.15, -0.1) is 0 Å². The third-order valence-electron chi connectivity index (χ3n) is 8.87. The quantitative estimate of drug-likeness (QED) is 0.0548. The number of benzene rings is 2. The largest absolute Gasteiger partial charge is 0.451 e. The first-order valence-corrected chi connectivity index (χ1v) is 18.9. The van der Waals surface area contributed by atoms with E-state index in [1.165, 1.54) is 64.2 Å². The molecule has 2 aromatic rings. The molecular formula is C40H62F2N4O4. The third kappa shape index (κ3) is 19.7. The van der Waals surface area contributed by atoms with Crippen LogP contribution in [0.2, 0.25) is 0 Å². The smallest absolute Gasteiger partial charge is 0.306 e. The van der Waals surface area contributed by atoms with Gasteiger partial charge in [0.05, 0.1) is 6.04 Å². The molecular weight excluding hydrogens is 638 g/mol. The van der Waals surface area contributed by atoms with Crippen LogP contribution in [0.1, 0.15) is 127 Å². The van der Waals surface area contributed by atoms with E-state index in [1.807, 2.05) is 30.3 Å². The molecule has 0 bridgehead atoms. The van der Waals surface area contributed by atoms with Crippen molar-refractivity contribution in [3.8, 4) is 0 Å². The molecule has 8 nitrogen and oxygen atoms in total. The van der Waals surface area contributed by atoms with Crippen molar-refractivity contribution in [1.82, 2.24) is 10.6 Å². The Bertz CT molecular complexity index is 1230. The van der Waals surface area contributed by atoms with Crippen molar-refractivity contribution in [2.24, 2.45) is 11.5 Å². The summed E-state index contributed by atoms with van der Waals surface area (Å²) in [6.07, 6.45) is 16.5. The fraction of sp³-hybridized carbons (Fsp3) is 0.625. The van der Waals surface area contributed by atoms with Crippen LogP contribution >= 0.6 is 0 Å². The molecule has 0 aliphatic carbocycles. The van der Waals surface area contributed by atoms with E-state index in [4.69, 9.17) is 16.2 Å². The summed E-state index contributed by atoms with van der Waals surface area (Å²) in [5.41, 5.74) is 13.5. The summed E-state index contributed by atoms with van der Waals surface area (Å²) in [7, 11) is 0. The summed E-state index contributed by atoms with van der Waals surface area (Å²) >= 11 is 0. The highest BCUT2D eigenvalue weighted by molar-refractivity contribution is 5.84. The summed E-state index contributed by atoms with van der Waals surface area (Å²) < 4.78 is 32.9. The van der Waals surface area contributed by atoms with E-state index in [-0.39, 0.29) is 30.7 Å². The van der Waals surface area contributed by atoms with Crippen molar-refractivity contribution in [2.45, 2.75) is 147 Å². The number of nitrogens with one attached hydrogen (secondary N) is 2. The first kappa shape index (κ1) is 42.8. The van der Waals surface area contributed by atoms with Gasteiger partial charge in [0.25, 0.3) is 5.91 Å². The number of hydrogen-bond donors (Lipinski definition) is 4. The van der Waals surface area contributed by atoms with E-state index in [0.29, 0.717) is 32.4 Å². The molecule has 2 rings (SSSR count). The monoisotopic (exact) mass is 700 g/mol. The normalized spacial score (nSPS) is 13.0. The second-order valence-electron chi connectivity index (χ2n) is 13.5. The fourth-order valence-corrected chi connectivity index (χ4v) is 5.97. The summed E-state index contributed by atoms with van der Waals surface area (Å²) in [4.78, 5) is 38.2. The van der Waals surface area contributed by atoms with Crippen LogP contribution in [0.15, 0.2) is 48.5 Å². The highest BCUT2D eigenvalue weighted by Gasteiger charge is 2.29. The van der Waals surface area contributed by atoms with Crippen LogP contribution in [0.3, 0.4) is 0 Å². The van der Waals surface area contributed by atoms with Gasteiger partial charge in [-0.1, -0.05) is 114 Å². The van der Waals surface area contributed by atoms with E-state index >= 15 is 0 Å². The lowest BCUT2D eigenvalue weighted by Crippen LogP contribution is -2.50. The van der Waals surface area contributed by atoms with Crippen molar-refractivity contribution >= 4 is 17.8 Å². The SMILES string of the molecule is CCCCCCCCCCCCCCCC(=O)OC(C(=O)NCCCCNC(=O)CC(N)Cc1cc(F)ccc1F)C(N)Cc1ccccc1. The zero-order valence-corrected chi connectivity index (χ0v) is 30.2. The molecule has 0 radical (unpaired) electrons. The number of halogens is 2. The second kappa shape index (κ2) is 26.4. The lowest BCUT2D eigenvalue weighted by atomic mass is 10.0. The van der Waals surface area contributed by atoms with Gasteiger partial charge in [0.15, 0.2) is 6.10 Å². The van der Waals surface area contributed by atoms with Gasteiger partial charge in [-0.3, -0.25) is 14.4 Å². The van der Waals surface area contributed by atoms with Gasteiger partial charge in [-0.05, 0) is 61.4 Å². The molecule has 2 aromatic carbocycles. The van der Waals surface area contributed by atoms with Crippen LogP contribution in [0.5, 0.6) is 0 Å². The van der Waals surface area contributed by atoms with Gasteiger partial charge in [0, 0.05) is 32.0 Å². The molecule has 0 heterocycles. The average Bonchev–Trinajstić information content (AvgIpc) is 3.09. The summed E-state index contributed by atoms with van der Waals surface area (Å²) in [5.74, 6) is -2.26. The molecule has 3 unspecified atom stereocenters. The number of hydrogen-bond acceptors (Lipinski definition) is 6. The average molecular weight is 701 g/mol. The zero-order valence-electron chi connectivity index (χ0n) is 30.2. The van der Waals surface area contributed by atoms with Crippen LogP contribution < -0.4 is 22.1 Å². The maximum absolute atomic E-state index is 13.9. The minimum absolute atomic E-state index is 0.0294. The van der Waals surface area contributed by atoms with Gasteiger partial charge in [0.1, 0.15) is 11.6 Å². The maximum atomic E-state index is 13.9. The summed E-state index contributed by atoms with van der Waals surface area (Å²) in [6.45, 7) is 2.92. The molecule has 50 heavy (non-hydrogen) atoms. The predicted octanol–water partition coefficient (Wildman–Crippen LogP) is 7.20. The lowest BCUT2D eigenvalue weighted by molar-refractivity contribution is -0.157. The number of carbonyl (C=O) groups is 3. The first-order valence-electron chi connectivity index (χ1n) is 18.9. The van der Waals surface area contributed by atoms with Crippen molar-refractivity contribution < 1.29 is 27.9 Å². The molecule has 0 aromatic heterocycles. The van der Waals surface area contributed by atoms with Gasteiger partial charge >= 0.3 is 5.97 Å². The first-order chi connectivity index (χ1) is 24.2. The van der Waals surface area contributed by atoms with Crippen LogP contribution in [0, 0.1) is 11.6 Å². The number of ether oxygens (including phenoxy) is 1. The lowest BCUT2D eigenvalue weighted by Gasteiger charge is -2.23. The van der Waals surface area contributed by atoms with E-state index < -0.39 is 41.7 Å². The predicted molar refractivity (Wildman–Crippen MR) is 196 cm³/mol. The Morgan fingerprint density at radius 2 is 1.30 bits per heavy atom. The number of nitrogens with two attached hydrogens (primary N) is 2. The van der Waals surface area contributed by atoms with E-state index in [9.17, 15) is 23.2 Å². The Morgan fingerprint density at radius 1 is 0.720 bits per heavy atom. The molecule has 6 N–H and O–H groups in total. The highest BCUT2D eigenvalue weighted by atomic mass is 19.1. The van der Waals surface area contributed by atoms with Crippen molar-refractivity contribution in [1.29, 1.82) is 0 Å². The molecule has 2 amide bonds. The number of amides is 2. The molecule has 280 valence electrons. The Kier molecular flexibility index (Phi) is 22.6. The Labute approximate surface area is 298 Å². The molecule has 0 saturated heterocycles. The Balaban J connectivity index is 1.67. The van der Waals surface area contributed by atoms with Gasteiger partial charge in [0.2, 0.25) is 5.91 Å². The topological polar surface area (TPSA) is 137 Å². The van der Waals surface area contributed by atoms with Crippen molar-refractivity contribution in [3.63, 3.8) is 0 Å². The van der Waals surface area contributed by atoms with E-state index in [1.54, 1.807) is 0 Å². The summed E-state index contributed by atoms with van der Waals surface area (Å²) in [5, 5.41) is 5.60. The minimum Gasteiger partial charge on any atom is -0.451 e. The van der Waals surface area contributed by atoms with Gasteiger partial charge in [-0.2, -0.15) is 0 Å². The highest BCUT2D eigenvalue weighted by Crippen LogP contribution is 2.15. The number of esters is 1. The van der Waals surface area contributed by atoms with E-state index in [2.05, 4.69) is 17.6 Å². The van der Waals surface area contributed by atoms with Crippen LogP contribution in [0.4, 0.5) is 8.78 Å². The standard InChI is InChI=1S/C40H62F2N4O4/c1-2-3-4-5-6-7-8-9-10-11-12-13-17-22-38(48)50-39(36(44)27-31-20-15-14-16-21-31)40(49)46-26-19-18-25-45-37(47)30-34(43)29-32-28-33(41)23-24-35(32)42/h14-16,20-21,23-24,28,34,36,39H,2-13,17-19,22,25-27,29-30,43-44H2,1H3,(H,45,47)(H,46,49). The van der Waals surface area contributed by atoms with Gasteiger partial charge < -0.3 is 26.8 Å². The number of carbonyl (C=O) groups excluding carboxylic acids is 3. The molecule has 0 fully saturated rings. The van der Waals surface area contributed by atoms with Gasteiger partial charge in [-0.25, -0.2) is 8.78 Å². The Morgan fingerprint density at radius 3 is 1.92 bits per heavy atom. The van der Waals surface area contributed by atoms with Crippen LogP contribution in [-0.2, 0) is 32.0 Å². The minimum atomic E-state index is -1.12. The second-order valence-corrected chi connectivity index (χ2v) is 13.5. The van der Waals surface area contributed by atoms with E-state index in [0.717, 1.165) is 43.0 Å². The fourth-order valence-electron chi connectivity index (χ4n) is 5.97. The molecule has 0 saturated carbocycles. The maximum Gasteiger partial charge on any atom is 0.306 e. The molecule has 0 aliphatic rings. The Hall–Kier alpha value is -3.37. The van der Waals surface area contributed by atoms with Crippen molar-refractivity contribution in [2.75, 3.05) is 13.1 Å². The van der Waals surface area contributed by atoms with Crippen LogP contribution in [-0.4, -0.2) is 49.1 Å². The number of rotatable bonds is 28. The molecule has 0 spiro atoms. The zero-order chi connectivity index (χ0) is 36.4. The molecule has 10 heteroatoms. The third-order valence-corrected chi connectivity index (χ3v) is 8.87. The number of unbranched alkanes of at least 4 members (excludes halogenated alkanes) is 13. The van der Waals surface area contributed by atoms with Crippen LogP contribution in [0.25, 0.3) is 0 Å². The molecule has 0 aliphatic heterocycles.